The van der Waals surface area contributed by atoms with Gasteiger partial charge in [-0.25, -0.2) is 4.39 Å². The Morgan fingerprint density at radius 2 is 1.95 bits per heavy atom. The summed E-state index contributed by atoms with van der Waals surface area (Å²) >= 11 is 0. The molecule has 0 N–H and O–H groups in total. The number of aryl methyl sites for hydroxylation is 1. The van der Waals surface area contributed by atoms with E-state index in [0.29, 0.717) is 12.0 Å². The first-order chi connectivity index (χ1) is 9.15. The quantitative estimate of drug-likeness (QED) is 0.782. The van der Waals surface area contributed by atoms with Crippen molar-refractivity contribution in [2.24, 2.45) is 5.41 Å². The van der Waals surface area contributed by atoms with E-state index >= 15 is 0 Å². The van der Waals surface area contributed by atoms with Crippen molar-refractivity contribution >= 4 is 11.6 Å². The Hall–Kier alpha value is -1.38. The highest BCUT2D eigenvalue weighted by molar-refractivity contribution is 5.94. The average molecular weight is 279 g/mol. The van der Waals surface area contributed by atoms with Crippen molar-refractivity contribution in [1.29, 1.82) is 0 Å². The Bertz CT molecular complexity index is 476. The largest absolute Gasteiger partial charge is 0.310 e. The monoisotopic (exact) mass is 279 g/mol. The topological polar surface area (TPSA) is 20.3 Å². The van der Waals surface area contributed by atoms with Gasteiger partial charge in [0.05, 0.1) is 0 Å². The van der Waals surface area contributed by atoms with Gasteiger partial charge in [-0.15, -0.1) is 0 Å². The van der Waals surface area contributed by atoms with E-state index in [9.17, 15) is 9.18 Å². The van der Waals surface area contributed by atoms with Crippen LogP contribution in [0.2, 0.25) is 0 Å². The maximum absolute atomic E-state index is 13.4. The highest BCUT2D eigenvalue weighted by Gasteiger charge is 2.25. The van der Waals surface area contributed by atoms with E-state index in [-0.39, 0.29) is 23.2 Å². The predicted octanol–water partition coefficient (Wildman–Crippen LogP) is 4.70. The molecule has 0 saturated heterocycles. The molecule has 1 amide bonds. The fraction of sp³-hybridized carbons (Fsp3) is 0.588. The van der Waals surface area contributed by atoms with Crippen LogP contribution in [-0.4, -0.2) is 11.9 Å². The number of carbonyl (C=O) groups excluding carboxylic acids is 1. The zero-order chi connectivity index (χ0) is 15.5. The molecule has 112 valence electrons. The van der Waals surface area contributed by atoms with Gasteiger partial charge >= 0.3 is 0 Å². The smallest absolute Gasteiger partial charge is 0.227 e. The molecule has 0 saturated carbocycles. The van der Waals surface area contributed by atoms with Crippen LogP contribution in [0.25, 0.3) is 0 Å². The molecule has 1 aromatic carbocycles. The van der Waals surface area contributed by atoms with E-state index in [2.05, 4.69) is 27.7 Å². The fourth-order valence-electron chi connectivity index (χ4n) is 2.14. The maximum atomic E-state index is 13.4. The number of carbonyl (C=O) groups is 1. The van der Waals surface area contributed by atoms with E-state index in [1.54, 1.807) is 24.0 Å². The molecule has 3 heteroatoms. The first-order valence-corrected chi connectivity index (χ1v) is 7.24. The molecular weight excluding hydrogens is 253 g/mol. The first kappa shape index (κ1) is 16.7. The van der Waals surface area contributed by atoms with Crippen LogP contribution in [0, 0.1) is 18.2 Å². The third kappa shape index (κ3) is 4.32. The second-order valence-electron chi connectivity index (χ2n) is 6.69. The van der Waals surface area contributed by atoms with Crippen LogP contribution < -0.4 is 4.90 Å². The lowest BCUT2D eigenvalue weighted by molar-refractivity contribution is -0.120. The minimum absolute atomic E-state index is 0.0577. The van der Waals surface area contributed by atoms with E-state index < -0.39 is 0 Å². The molecule has 0 spiro atoms. The Balaban J connectivity index is 3.12. The van der Waals surface area contributed by atoms with Crippen LogP contribution in [0.15, 0.2) is 18.2 Å². The molecule has 0 aliphatic rings. The van der Waals surface area contributed by atoms with Gasteiger partial charge in [0.25, 0.3) is 0 Å². The van der Waals surface area contributed by atoms with Crippen molar-refractivity contribution in [2.45, 2.75) is 60.4 Å². The molecule has 0 aliphatic heterocycles. The van der Waals surface area contributed by atoms with E-state index in [1.165, 1.54) is 6.07 Å². The molecule has 0 aromatic heterocycles. The summed E-state index contributed by atoms with van der Waals surface area (Å²) in [7, 11) is 0. The number of anilines is 1. The molecule has 1 rings (SSSR count). The Labute approximate surface area is 122 Å². The van der Waals surface area contributed by atoms with Gasteiger partial charge in [-0.3, -0.25) is 4.79 Å². The Morgan fingerprint density at radius 3 is 2.40 bits per heavy atom. The summed E-state index contributed by atoms with van der Waals surface area (Å²) in [6.07, 6.45) is 1.35. The number of halogens is 1. The lowest BCUT2D eigenvalue weighted by atomic mass is 9.91. The third-order valence-corrected chi connectivity index (χ3v) is 3.40. The highest BCUT2D eigenvalue weighted by atomic mass is 19.1. The first-order valence-electron chi connectivity index (χ1n) is 7.24. The summed E-state index contributed by atoms with van der Waals surface area (Å²) in [4.78, 5) is 14.4. The van der Waals surface area contributed by atoms with Gasteiger partial charge in [0.15, 0.2) is 0 Å². The fourth-order valence-corrected chi connectivity index (χ4v) is 2.14. The second kappa shape index (κ2) is 6.38. The van der Waals surface area contributed by atoms with E-state index in [1.807, 2.05) is 6.92 Å². The van der Waals surface area contributed by atoms with Crippen molar-refractivity contribution in [3.8, 4) is 0 Å². The van der Waals surface area contributed by atoms with Crippen molar-refractivity contribution < 1.29 is 9.18 Å². The molecule has 2 nitrogen and oxygen atoms in total. The third-order valence-electron chi connectivity index (χ3n) is 3.40. The molecule has 0 heterocycles. The number of rotatable bonds is 4. The molecule has 1 atom stereocenters. The molecular formula is C17H26FNO. The summed E-state index contributed by atoms with van der Waals surface area (Å²) in [6.45, 7) is 12.0. The summed E-state index contributed by atoms with van der Waals surface area (Å²) in [5.74, 6) is -0.140. The molecule has 1 aromatic rings. The minimum Gasteiger partial charge on any atom is -0.310 e. The van der Waals surface area contributed by atoms with Crippen LogP contribution in [-0.2, 0) is 4.79 Å². The van der Waals surface area contributed by atoms with Crippen LogP contribution in [0.5, 0.6) is 0 Å². The van der Waals surface area contributed by atoms with Gasteiger partial charge in [-0.1, -0.05) is 27.7 Å². The summed E-state index contributed by atoms with van der Waals surface area (Å²) in [5.41, 5.74) is 1.30. The lowest BCUT2D eigenvalue weighted by Gasteiger charge is -2.31. The van der Waals surface area contributed by atoms with Gasteiger partial charge in [-0.2, -0.15) is 0 Å². The zero-order valence-electron chi connectivity index (χ0n) is 13.5. The van der Waals surface area contributed by atoms with Crippen molar-refractivity contribution in [3.63, 3.8) is 0 Å². The van der Waals surface area contributed by atoms with Gasteiger partial charge < -0.3 is 4.90 Å². The Kier molecular flexibility index (Phi) is 5.32. The SMILES string of the molecule is CCC(C)N(C(=O)CC(C)(C)C)c1ccc(F)c(C)c1. The lowest BCUT2D eigenvalue weighted by Crippen LogP contribution is -2.40. The van der Waals surface area contributed by atoms with Gasteiger partial charge in [0.1, 0.15) is 5.82 Å². The molecule has 0 bridgehead atoms. The summed E-state index contributed by atoms with van der Waals surface area (Å²) < 4.78 is 13.4. The second-order valence-corrected chi connectivity index (χ2v) is 6.69. The highest BCUT2D eigenvalue weighted by Crippen LogP contribution is 2.26. The average Bonchev–Trinajstić information content (AvgIpc) is 2.31. The minimum atomic E-state index is -0.235. The normalized spacial score (nSPS) is 13.2. The molecule has 20 heavy (non-hydrogen) atoms. The van der Waals surface area contributed by atoms with Crippen molar-refractivity contribution in [1.82, 2.24) is 0 Å². The van der Waals surface area contributed by atoms with Gasteiger partial charge in [-0.05, 0) is 49.4 Å². The van der Waals surface area contributed by atoms with Crippen molar-refractivity contribution in [2.75, 3.05) is 4.90 Å². The van der Waals surface area contributed by atoms with Crippen molar-refractivity contribution in [3.05, 3.63) is 29.6 Å². The number of hydrogen-bond acceptors (Lipinski definition) is 1. The summed E-state index contributed by atoms with van der Waals surface area (Å²) in [6, 6.07) is 4.98. The van der Waals surface area contributed by atoms with Crippen LogP contribution in [0.4, 0.5) is 10.1 Å². The van der Waals surface area contributed by atoms with Crippen LogP contribution in [0.1, 0.15) is 53.0 Å². The zero-order valence-corrected chi connectivity index (χ0v) is 13.5. The van der Waals surface area contributed by atoms with Gasteiger partial charge in [0.2, 0.25) is 5.91 Å². The van der Waals surface area contributed by atoms with E-state index in [4.69, 9.17) is 0 Å². The number of amides is 1. The van der Waals surface area contributed by atoms with Crippen LogP contribution >= 0.6 is 0 Å². The molecule has 0 aliphatic carbocycles. The maximum Gasteiger partial charge on any atom is 0.227 e. The van der Waals surface area contributed by atoms with E-state index in [0.717, 1.165) is 12.1 Å². The number of nitrogens with zero attached hydrogens (tertiary/aromatic N) is 1. The number of hydrogen-bond donors (Lipinski definition) is 0. The Morgan fingerprint density at radius 1 is 1.35 bits per heavy atom. The number of benzene rings is 1. The standard InChI is InChI=1S/C17H26FNO/c1-7-13(3)19(16(20)11-17(4,5)6)14-8-9-15(18)12(2)10-14/h8-10,13H,7,11H2,1-6H3. The molecule has 0 radical (unpaired) electrons. The van der Waals surface area contributed by atoms with Gasteiger partial charge in [0, 0.05) is 18.2 Å². The predicted molar refractivity (Wildman–Crippen MR) is 82.4 cm³/mol. The van der Waals surface area contributed by atoms with Crippen LogP contribution in [0.3, 0.4) is 0 Å². The molecule has 1 unspecified atom stereocenters. The molecule has 0 fully saturated rings. The summed E-state index contributed by atoms with van der Waals surface area (Å²) in [5, 5.41) is 0.